The number of rotatable bonds is 5. The molecule has 0 spiro atoms. The van der Waals surface area contributed by atoms with Crippen molar-refractivity contribution in [1.29, 1.82) is 0 Å². The van der Waals surface area contributed by atoms with Crippen molar-refractivity contribution in [3.05, 3.63) is 29.8 Å². The number of carbonyl (C=O) groups is 1. The first-order valence-electron chi connectivity index (χ1n) is 8.64. The van der Waals surface area contributed by atoms with Gasteiger partial charge < -0.3 is 9.64 Å². The van der Waals surface area contributed by atoms with Crippen molar-refractivity contribution in [2.24, 2.45) is 0 Å². The van der Waals surface area contributed by atoms with E-state index < -0.39 is 10.2 Å². The minimum atomic E-state index is -3.54. The molecule has 138 valence electrons. The van der Waals surface area contributed by atoms with Crippen LogP contribution in [0.25, 0.3) is 0 Å². The van der Waals surface area contributed by atoms with Gasteiger partial charge in [0, 0.05) is 38.3 Å². The SMILES string of the molecule is C[C@@H]1CN(S(=O)(=O)NCc2ccc(N3CCCC3=O)cc2)C[C@@H](C)O1. The van der Waals surface area contributed by atoms with E-state index in [4.69, 9.17) is 4.74 Å². The topological polar surface area (TPSA) is 79.0 Å². The van der Waals surface area contributed by atoms with E-state index in [0.717, 1.165) is 24.2 Å². The molecule has 7 nitrogen and oxygen atoms in total. The molecule has 0 radical (unpaired) electrons. The number of benzene rings is 1. The van der Waals surface area contributed by atoms with Crippen molar-refractivity contribution >= 4 is 21.8 Å². The van der Waals surface area contributed by atoms with E-state index >= 15 is 0 Å². The third kappa shape index (κ3) is 4.38. The van der Waals surface area contributed by atoms with E-state index in [9.17, 15) is 13.2 Å². The number of nitrogens with zero attached hydrogens (tertiary/aromatic N) is 2. The second-order valence-corrected chi connectivity index (χ2v) is 8.47. The number of amides is 1. The number of carbonyl (C=O) groups excluding carboxylic acids is 1. The Bertz CT molecular complexity index is 710. The molecule has 2 aliphatic rings. The molecule has 0 bridgehead atoms. The second-order valence-electron chi connectivity index (χ2n) is 6.72. The van der Waals surface area contributed by atoms with Gasteiger partial charge in [-0.1, -0.05) is 12.1 Å². The van der Waals surface area contributed by atoms with E-state index in [1.54, 1.807) is 4.90 Å². The molecule has 1 aromatic carbocycles. The average molecular weight is 367 g/mol. The van der Waals surface area contributed by atoms with Crippen LogP contribution in [0.15, 0.2) is 24.3 Å². The van der Waals surface area contributed by atoms with Crippen molar-refractivity contribution in [2.75, 3.05) is 24.5 Å². The molecule has 2 fully saturated rings. The Balaban J connectivity index is 1.60. The maximum absolute atomic E-state index is 12.5. The molecule has 2 aliphatic heterocycles. The van der Waals surface area contributed by atoms with Crippen LogP contribution in [0, 0.1) is 0 Å². The Morgan fingerprint density at radius 1 is 1.16 bits per heavy atom. The monoisotopic (exact) mass is 367 g/mol. The standard InChI is InChI=1S/C17H25N3O4S/c1-13-11-19(12-14(2)24-13)25(22,23)18-10-15-5-7-16(8-6-15)20-9-3-4-17(20)21/h5-8,13-14,18H,3-4,9-12H2,1-2H3/t13-,14-/m1/s1. The van der Waals surface area contributed by atoms with Gasteiger partial charge in [0.1, 0.15) is 0 Å². The molecule has 0 unspecified atom stereocenters. The van der Waals surface area contributed by atoms with Crippen LogP contribution in [-0.2, 0) is 26.3 Å². The highest BCUT2D eigenvalue weighted by Crippen LogP contribution is 2.21. The molecule has 1 aromatic rings. The fourth-order valence-electron chi connectivity index (χ4n) is 3.31. The fourth-order valence-corrected chi connectivity index (χ4v) is 4.65. The highest BCUT2D eigenvalue weighted by atomic mass is 32.2. The van der Waals surface area contributed by atoms with Crippen LogP contribution in [0.5, 0.6) is 0 Å². The highest BCUT2D eigenvalue weighted by Gasteiger charge is 2.30. The first kappa shape index (κ1) is 18.3. The lowest BCUT2D eigenvalue weighted by Gasteiger charge is -2.34. The van der Waals surface area contributed by atoms with Crippen LogP contribution >= 0.6 is 0 Å². The summed E-state index contributed by atoms with van der Waals surface area (Å²) in [6.45, 7) is 5.42. The number of morpholine rings is 1. The van der Waals surface area contributed by atoms with Crippen LogP contribution < -0.4 is 9.62 Å². The third-order valence-electron chi connectivity index (χ3n) is 4.51. The van der Waals surface area contributed by atoms with Crippen molar-refractivity contribution in [3.63, 3.8) is 0 Å². The van der Waals surface area contributed by atoms with Crippen LogP contribution in [0.1, 0.15) is 32.3 Å². The van der Waals surface area contributed by atoms with Gasteiger partial charge in [0.05, 0.1) is 12.2 Å². The Kier molecular flexibility index (Phi) is 5.43. The largest absolute Gasteiger partial charge is 0.373 e. The molecule has 2 heterocycles. The maximum atomic E-state index is 12.5. The first-order valence-corrected chi connectivity index (χ1v) is 10.1. The van der Waals surface area contributed by atoms with Gasteiger partial charge in [-0.2, -0.15) is 17.4 Å². The second kappa shape index (κ2) is 7.41. The summed E-state index contributed by atoms with van der Waals surface area (Å²) >= 11 is 0. The van der Waals surface area contributed by atoms with Crippen LogP contribution in [0.4, 0.5) is 5.69 Å². The number of hydrogen-bond acceptors (Lipinski definition) is 4. The zero-order chi connectivity index (χ0) is 18.0. The molecule has 0 saturated carbocycles. The predicted molar refractivity (Wildman–Crippen MR) is 95.4 cm³/mol. The molecule has 1 amide bonds. The van der Waals surface area contributed by atoms with Gasteiger partial charge in [-0.05, 0) is 38.0 Å². The summed E-state index contributed by atoms with van der Waals surface area (Å²) in [5, 5.41) is 0. The predicted octanol–water partition coefficient (Wildman–Crippen LogP) is 1.26. The highest BCUT2D eigenvalue weighted by molar-refractivity contribution is 7.87. The number of ether oxygens (including phenoxy) is 1. The van der Waals surface area contributed by atoms with E-state index in [1.165, 1.54) is 4.31 Å². The lowest BCUT2D eigenvalue weighted by Crippen LogP contribution is -2.51. The molecule has 0 aliphatic carbocycles. The lowest BCUT2D eigenvalue weighted by atomic mass is 10.2. The van der Waals surface area contributed by atoms with Crippen molar-refractivity contribution in [3.8, 4) is 0 Å². The Labute approximate surface area is 149 Å². The van der Waals surface area contributed by atoms with Gasteiger partial charge in [0.25, 0.3) is 10.2 Å². The van der Waals surface area contributed by atoms with Gasteiger partial charge in [-0.25, -0.2) is 0 Å². The maximum Gasteiger partial charge on any atom is 0.279 e. The van der Waals surface area contributed by atoms with Gasteiger partial charge >= 0.3 is 0 Å². The van der Waals surface area contributed by atoms with Crippen molar-refractivity contribution in [1.82, 2.24) is 9.03 Å². The minimum Gasteiger partial charge on any atom is -0.373 e. The summed E-state index contributed by atoms with van der Waals surface area (Å²) < 4.78 is 34.6. The van der Waals surface area contributed by atoms with Crippen LogP contribution in [0.3, 0.4) is 0 Å². The Morgan fingerprint density at radius 2 is 1.80 bits per heavy atom. The van der Waals surface area contributed by atoms with Gasteiger partial charge in [0.2, 0.25) is 5.91 Å². The average Bonchev–Trinajstić information content (AvgIpc) is 2.99. The van der Waals surface area contributed by atoms with E-state index in [1.807, 2.05) is 38.1 Å². The van der Waals surface area contributed by atoms with Gasteiger partial charge in [0.15, 0.2) is 0 Å². The summed E-state index contributed by atoms with van der Waals surface area (Å²) in [5.74, 6) is 0.143. The number of nitrogens with one attached hydrogen (secondary N) is 1. The smallest absolute Gasteiger partial charge is 0.279 e. The molecule has 25 heavy (non-hydrogen) atoms. The zero-order valence-electron chi connectivity index (χ0n) is 14.6. The molecule has 3 rings (SSSR count). The lowest BCUT2D eigenvalue weighted by molar-refractivity contribution is -0.117. The Morgan fingerprint density at radius 3 is 2.36 bits per heavy atom. The normalized spacial score (nSPS) is 25.5. The van der Waals surface area contributed by atoms with Gasteiger partial charge in [-0.15, -0.1) is 0 Å². The molecule has 8 heteroatoms. The number of hydrogen-bond donors (Lipinski definition) is 1. The first-order chi connectivity index (χ1) is 11.8. The van der Waals surface area contributed by atoms with E-state index in [0.29, 0.717) is 19.5 Å². The number of anilines is 1. The third-order valence-corrected chi connectivity index (χ3v) is 5.99. The van der Waals surface area contributed by atoms with E-state index in [2.05, 4.69) is 4.72 Å². The van der Waals surface area contributed by atoms with Crippen LogP contribution in [0.2, 0.25) is 0 Å². The molecule has 0 aromatic heterocycles. The van der Waals surface area contributed by atoms with Gasteiger partial charge in [-0.3, -0.25) is 4.79 Å². The van der Waals surface area contributed by atoms with Crippen molar-refractivity contribution in [2.45, 2.75) is 45.4 Å². The molecular formula is C17H25N3O4S. The summed E-state index contributed by atoms with van der Waals surface area (Å²) in [6, 6.07) is 7.44. The zero-order valence-corrected chi connectivity index (χ0v) is 15.5. The molecule has 2 saturated heterocycles. The summed E-state index contributed by atoms with van der Waals surface area (Å²) in [4.78, 5) is 13.5. The summed E-state index contributed by atoms with van der Waals surface area (Å²) in [6.07, 6.45) is 1.25. The van der Waals surface area contributed by atoms with E-state index in [-0.39, 0.29) is 24.7 Å². The molecule has 2 atom stereocenters. The quantitative estimate of drug-likeness (QED) is 0.850. The fraction of sp³-hybridized carbons (Fsp3) is 0.588. The molecule has 1 N–H and O–H groups in total. The summed E-state index contributed by atoms with van der Waals surface area (Å²) in [7, 11) is -3.54. The molecular weight excluding hydrogens is 342 g/mol. The minimum absolute atomic E-state index is 0.113. The van der Waals surface area contributed by atoms with Crippen LogP contribution in [-0.4, -0.2) is 50.5 Å². The Hall–Kier alpha value is -1.48. The summed E-state index contributed by atoms with van der Waals surface area (Å²) in [5.41, 5.74) is 1.72. The van der Waals surface area contributed by atoms with Crippen molar-refractivity contribution < 1.29 is 17.9 Å².